The van der Waals surface area contributed by atoms with Crippen LogP contribution in [0.5, 0.6) is 0 Å². The van der Waals surface area contributed by atoms with E-state index in [4.69, 9.17) is 4.42 Å². The Bertz CT molecular complexity index is 870. The number of carbonyl (C=O) groups is 1. The molecule has 25 heavy (non-hydrogen) atoms. The maximum Gasteiger partial charge on any atom is 0.256 e. The normalized spacial score (nSPS) is 10.7. The first-order chi connectivity index (χ1) is 12.0. The van der Waals surface area contributed by atoms with Gasteiger partial charge in [0.1, 0.15) is 5.82 Å². The van der Waals surface area contributed by atoms with Crippen molar-refractivity contribution in [2.75, 3.05) is 11.1 Å². The summed E-state index contributed by atoms with van der Waals surface area (Å²) in [5.41, 5.74) is 3.71. The zero-order chi connectivity index (χ0) is 17.8. The molecule has 1 aromatic heterocycles. The van der Waals surface area contributed by atoms with Crippen LogP contribution < -0.4 is 5.32 Å². The molecule has 128 valence electrons. The van der Waals surface area contributed by atoms with E-state index in [2.05, 4.69) is 10.3 Å². The summed E-state index contributed by atoms with van der Waals surface area (Å²) in [6, 6.07) is 11.9. The maximum atomic E-state index is 13.0. The zero-order valence-corrected chi connectivity index (χ0v) is 14.7. The van der Waals surface area contributed by atoms with Crippen molar-refractivity contribution in [1.29, 1.82) is 0 Å². The van der Waals surface area contributed by atoms with Gasteiger partial charge >= 0.3 is 0 Å². The second-order valence-corrected chi connectivity index (χ2v) is 6.64. The lowest BCUT2D eigenvalue weighted by molar-refractivity contribution is -0.113. The summed E-state index contributed by atoms with van der Waals surface area (Å²) >= 11 is 1.21. The van der Waals surface area contributed by atoms with Gasteiger partial charge < -0.3 is 9.73 Å². The molecule has 1 heterocycles. The van der Waals surface area contributed by atoms with E-state index in [-0.39, 0.29) is 17.5 Å². The average Bonchev–Trinajstić information content (AvgIpc) is 3.01. The van der Waals surface area contributed by atoms with Gasteiger partial charge in [-0.3, -0.25) is 4.79 Å². The summed E-state index contributed by atoms with van der Waals surface area (Å²) < 4.78 is 18.5. The number of thioether (sulfide) groups is 1. The standard InChI is InChI=1S/C19H17FN2O2S/c1-12-7-13(2)9-16(8-12)22-18(23)11-25-19-21-10-17(24-19)14-3-5-15(20)6-4-14/h3-10H,11H2,1-2H3,(H,22,23). The first-order valence-corrected chi connectivity index (χ1v) is 8.71. The quantitative estimate of drug-likeness (QED) is 0.666. The number of amides is 1. The molecule has 0 fully saturated rings. The van der Waals surface area contributed by atoms with Crippen LogP contribution >= 0.6 is 11.8 Å². The van der Waals surface area contributed by atoms with Crippen LogP contribution in [0.25, 0.3) is 11.3 Å². The van der Waals surface area contributed by atoms with Crippen LogP contribution in [0.2, 0.25) is 0 Å². The lowest BCUT2D eigenvalue weighted by atomic mass is 10.1. The Kier molecular flexibility index (Phi) is 5.19. The monoisotopic (exact) mass is 356 g/mol. The van der Waals surface area contributed by atoms with Crippen LogP contribution in [0.1, 0.15) is 11.1 Å². The SMILES string of the molecule is Cc1cc(C)cc(NC(=O)CSc2ncc(-c3ccc(F)cc3)o2)c1. The molecule has 3 aromatic rings. The lowest BCUT2D eigenvalue weighted by Crippen LogP contribution is -2.14. The molecule has 2 aromatic carbocycles. The van der Waals surface area contributed by atoms with Crippen LogP contribution in [-0.2, 0) is 4.79 Å². The van der Waals surface area contributed by atoms with E-state index in [1.807, 2.05) is 32.0 Å². The third kappa shape index (κ3) is 4.70. The van der Waals surface area contributed by atoms with Gasteiger partial charge in [-0.2, -0.15) is 0 Å². The number of aryl methyl sites for hydroxylation is 2. The van der Waals surface area contributed by atoms with Gasteiger partial charge in [0.25, 0.3) is 5.22 Å². The van der Waals surface area contributed by atoms with Crippen LogP contribution in [0.3, 0.4) is 0 Å². The van der Waals surface area contributed by atoms with Crippen LogP contribution in [0.15, 0.2) is 58.3 Å². The van der Waals surface area contributed by atoms with Gasteiger partial charge in [0.05, 0.1) is 11.9 Å². The number of halogens is 1. The second-order valence-electron chi connectivity index (χ2n) is 5.71. The fourth-order valence-corrected chi connectivity index (χ4v) is 3.05. The van der Waals surface area contributed by atoms with Gasteiger partial charge in [-0.05, 0) is 61.4 Å². The minimum absolute atomic E-state index is 0.128. The number of carbonyl (C=O) groups excluding carboxylic acids is 1. The van der Waals surface area contributed by atoms with E-state index in [1.54, 1.807) is 18.3 Å². The highest BCUT2D eigenvalue weighted by Gasteiger charge is 2.10. The highest BCUT2D eigenvalue weighted by Crippen LogP contribution is 2.25. The predicted octanol–water partition coefficient (Wildman–Crippen LogP) is 4.83. The van der Waals surface area contributed by atoms with Crippen molar-refractivity contribution in [2.45, 2.75) is 19.1 Å². The molecule has 1 amide bonds. The molecule has 0 radical (unpaired) electrons. The summed E-state index contributed by atoms with van der Waals surface area (Å²) in [5.74, 6) is 0.297. The highest BCUT2D eigenvalue weighted by atomic mass is 32.2. The molecular formula is C19H17FN2O2S. The van der Waals surface area contributed by atoms with E-state index in [0.717, 1.165) is 22.4 Å². The number of hydrogen-bond donors (Lipinski definition) is 1. The molecule has 0 spiro atoms. The third-order valence-corrected chi connectivity index (χ3v) is 4.29. The van der Waals surface area contributed by atoms with Gasteiger partial charge in [-0.25, -0.2) is 9.37 Å². The van der Waals surface area contributed by atoms with Gasteiger partial charge in [0.15, 0.2) is 5.76 Å². The van der Waals surface area contributed by atoms with Crippen molar-refractivity contribution in [3.8, 4) is 11.3 Å². The van der Waals surface area contributed by atoms with E-state index >= 15 is 0 Å². The van der Waals surface area contributed by atoms with Gasteiger partial charge in [-0.1, -0.05) is 17.8 Å². The van der Waals surface area contributed by atoms with Crippen molar-refractivity contribution >= 4 is 23.4 Å². The Morgan fingerprint density at radius 3 is 2.52 bits per heavy atom. The van der Waals surface area contributed by atoms with Gasteiger partial charge in [0, 0.05) is 11.3 Å². The number of benzene rings is 2. The summed E-state index contributed by atoms with van der Waals surface area (Å²) in [5, 5.41) is 3.27. The fraction of sp³-hybridized carbons (Fsp3) is 0.158. The van der Waals surface area contributed by atoms with Gasteiger partial charge in [-0.15, -0.1) is 0 Å². The second kappa shape index (κ2) is 7.53. The molecule has 6 heteroatoms. The van der Waals surface area contributed by atoms with Crippen molar-refractivity contribution in [3.05, 3.63) is 65.6 Å². The Morgan fingerprint density at radius 1 is 1.16 bits per heavy atom. The molecule has 4 nitrogen and oxygen atoms in total. The number of aromatic nitrogens is 1. The number of hydrogen-bond acceptors (Lipinski definition) is 4. The Morgan fingerprint density at radius 2 is 1.84 bits per heavy atom. The van der Waals surface area contributed by atoms with E-state index in [1.165, 1.54) is 23.9 Å². The van der Waals surface area contributed by atoms with Crippen LogP contribution in [0, 0.1) is 19.7 Å². The topological polar surface area (TPSA) is 55.1 Å². The molecule has 0 bridgehead atoms. The molecule has 0 aliphatic rings. The number of nitrogens with one attached hydrogen (secondary N) is 1. The Hall–Kier alpha value is -2.60. The lowest BCUT2D eigenvalue weighted by Gasteiger charge is -2.06. The summed E-state index contributed by atoms with van der Waals surface area (Å²) in [4.78, 5) is 16.2. The molecule has 0 unspecified atom stereocenters. The predicted molar refractivity (Wildman–Crippen MR) is 97.2 cm³/mol. The van der Waals surface area contributed by atoms with Gasteiger partial charge in [0.2, 0.25) is 5.91 Å². The molecule has 0 saturated carbocycles. The van der Waals surface area contributed by atoms with Crippen molar-refractivity contribution in [2.24, 2.45) is 0 Å². The maximum absolute atomic E-state index is 13.0. The fourth-order valence-electron chi connectivity index (χ4n) is 2.44. The number of nitrogens with zero attached hydrogens (tertiary/aromatic N) is 1. The smallest absolute Gasteiger partial charge is 0.256 e. The van der Waals surface area contributed by atoms with E-state index in [9.17, 15) is 9.18 Å². The largest absolute Gasteiger partial charge is 0.431 e. The zero-order valence-electron chi connectivity index (χ0n) is 13.9. The molecule has 0 atom stereocenters. The molecule has 0 aliphatic carbocycles. The first kappa shape index (κ1) is 17.2. The third-order valence-electron chi connectivity index (χ3n) is 3.45. The molecular weight excluding hydrogens is 339 g/mol. The minimum Gasteiger partial charge on any atom is -0.431 e. The number of anilines is 1. The summed E-state index contributed by atoms with van der Waals surface area (Å²) in [6.45, 7) is 3.97. The summed E-state index contributed by atoms with van der Waals surface area (Å²) in [6.07, 6.45) is 1.57. The average molecular weight is 356 g/mol. The van der Waals surface area contributed by atoms with E-state index in [0.29, 0.717) is 11.0 Å². The number of rotatable bonds is 5. The molecule has 0 saturated heterocycles. The van der Waals surface area contributed by atoms with Crippen molar-refractivity contribution in [3.63, 3.8) is 0 Å². The van der Waals surface area contributed by atoms with Crippen LogP contribution in [0.4, 0.5) is 10.1 Å². The highest BCUT2D eigenvalue weighted by molar-refractivity contribution is 7.99. The Balaban J connectivity index is 1.58. The van der Waals surface area contributed by atoms with Crippen LogP contribution in [-0.4, -0.2) is 16.6 Å². The summed E-state index contributed by atoms with van der Waals surface area (Å²) in [7, 11) is 0. The van der Waals surface area contributed by atoms with Crippen molar-refractivity contribution < 1.29 is 13.6 Å². The molecule has 1 N–H and O–H groups in total. The Labute approximate surface area is 149 Å². The molecule has 0 aliphatic heterocycles. The number of oxazole rings is 1. The van der Waals surface area contributed by atoms with Crippen molar-refractivity contribution in [1.82, 2.24) is 4.98 Å². The minimum atomic E-state index is -0.305. The van der Waals surface area contributed by atoms with E-state index < -0.39 is 0 Å². The molecule has 3 rings (SSSR count). The first-order valence-electron chi connectivity index (χ1n) is 7.72.